The Bertz CT molecular complexity index is 818. The van der Waals surface area contributed by atoms with E-state index in [1.165, 1.54) is 5.56 Å². The zero-order chi connectivity index (χ0) is 19.9. The van der Waals surface area contributed by atoms with Gasteiger partial charge in [-0.05, 0) is 39.3 Å². The third-order valence-corrected chi connectivity index (χ3v) is 4.48. The molecule has 0 saturated carbocycles. The van der Waals surface area contributed by atoms with E-state index < -0.39 is 0 Å². The second kappa shape index (κ2) is 9.43. The summed E-state index contributed by atoms with van der Waals surface area (Å²) in [6.45, 7) is 7.88. The van der Waals surface area contributed by atoms with Gasteiger partial charge in [0.15, 0.2) is 11.8 Å². The molecule has 0 saturated heterocycles. The summed E-state index contributed by atoms with van der Waals surface area (Å²) in [6, 6.07) is 4.17. The highest BCUT2D eigenvalue weighted by Gasteiger charge is 2.21. The molecular weight excluding hydrogens is 358 g/mol. The molecule has 1 atom stereocenters. The van der Waals surface area contributed by atoms with Crippen molar-refractivity contribution in [1.82, 2.24) is 20.8 Å². The van der Waals surface area contributed by atoms with Crippen molar-refractivity contribution < 1.29 is 14.0 Å². The summed E-state index contributed by atoms with van der Waals surface area (Å²) in [7, 11) is 1.76. The van der Waals surface area contributed by atoms with E-state index in [2.05, 4.69) is 44.8 Å². The second-order valence-corrected chi connectivity index (χ2v) is 6.82. The van der Waals surface area contributed by atoms with E-state index in [-0.39, 0.29) is 6.10 Å². The Labute approximate surface area is 165 Å². The number of guanidine groups is 1. The van der Waals surface area contributed by atoms with Crippen LogP contribution in [0.4, 0.5) is 0 Å². The molecule has 0 fully saturated rings. The standard InChI is InChI=1S/C20H29N5O3/c1-5-26-17-10-15-9-13(2)27-18(15)11-16(17)12-23-20(21-4)22-8-6-7-19-24-14(3)25-28-19/h10-11,13H,5-9,12H2,1-4H3,(H2,21,22,23). The topological polar surface area (TPSA) is 93.8 Å². The first-order valence-corrected chi connectivity index (χ1v) is 9.78. The molecule has 28 heavy (non-hydrogen) atoms. The summed E-state index contributed by atoms with van der Waals surface area (Å²) in [5.74, 6) is 3.91. The summed E-state index contributed by atoms with van der Waals surface area (Å²) in [4.78, 5) is 8.49. The highest BCUT2D eigenvalue weighted by molar-refractivity contribution is 5.79. The van der Waals surface area contributed by atoms with E-state index in [1.54, 1.807) is 7.05 Å². The highest BCUT2D eigenvalue weighted by atomic mass is 16.5. The molecule has 1 aliphatic rings. The maximum absolute atomic E-state index is 5.89. The molecule has 0 amide bonds. The molecule has 0 aliphatic carbocycles. The van der Waals surface area contributed by atoms with Crippen molar-refractivity contribution in [2.24, 2.45) is 4.99 Å². The number of aryl methyl sites for hydroxylation is 2. The van der Waals surface area contributed by atoms with Gasteiger partial charge >= 0.3 is 0 Å². The van der Waals surface area contributed by atoms with Gasteiger partial charge in [0.2, 0.25) is 5.89 Å². The van der Waals surface area contributed by atoms with Crippen LogP contribution in [0.2, 0.25) is 0 Å². The van der Waals surface area contributed by atoms with Crippen LogP contribution in [-0.2, 0) is 19.4 Å². The van der Waals surface area contributed by atoms with Crippen molar-refractivity contribution in [3.63, 3.8) is 0 Å². The van der Waals surface area contributed by atoms with Gasteiger partial charge in [0, 0.05) is 44.1 Å². The molecular formula is C20H29N5O3. The zero-order valence-electron chi connectivity index (χ0n) is 17.0. The van der Waals surface area contributed by atoms with Crippen LogP contribution in [-0.4, -0.2) is 42.4 Å². The molecule has 0 spiro atoms. The molecule has 2 heterocycles. The Balaban J connectivity index is 1.52. The minimum atomic E-state index is 0.213. The predicted molar refractivity (Wildman–Crippen MR) is 107 cm³/mol. The van der Waals surface area contributed by atoms with Gasteiger partial charge in [-0.2, -0.15) is 4.98 Å². The first kappa shape index (κ1) is 20.0. The minimum absolute atomic E-state index is 0.213. The van der Waals surface area contributed by atoms with Crippen molar-refractivity contribution in [3.8, 4) is 11.5 Å². The maximum Gasteiger partial charge on any atom is 0.226 e. The lowest BCUT2D eigenvalue weighted by Gasteiger charge is -2.15. The first-order valence-electron chi connectivity index (χ1n) is 9.78. The van der Waals surface area contributed by atoms with Gasteiger partial charge in [-0.1, -0.05) is 5.16 Å². The number of hydrogen-bond acceptors (Lipinski definition) is 6. The van der Waals surface area contributed by atoms with E-state index in [0.717, 1.165) is 48.8 Å². The predicted octanol–water partition coefficient (Wildman–Crippen LogP) is 2.40. The third-order valence-electron chi connectivity index (χ3n) is 4.48. The Kier molecular flexibility index (Phi) is 6.73. The molecule has 1 aromatic carbocycles. The summed E-state index contributed by atoms with van der Waals surface area (Å²) < 4.78 is 16.8. The first-order chi connectivity index (χ1) is 13.6. The highest BCUT2D eigenvalue weighted by Crippen LogP contribution is 2.35. The van der Waals surface area contributed by atoms with Crippen molar-refractivity contribution in [2.75, 3.05) is 20.2 Å². The minimum Gasteiger partial charge on any atom is -0.494 e. The second-order valence-electron chi connectivity index (χ2n) is 6.82. The zero-order valence-corrected chi connectivity index (χ0v) is 17.0. The Hall–Kier alpha value is -2.77. The molecule has 8 heteroatoms. The number of fused-ring (bicyclic) bond motifs is 1. The number of rotatable bonds is 8. The summed E-state index contributed by atoms with van der Waals surface area (Å²) in [6.07, 6.45) is 2.74. The van der Waals surface area contributed by atoms with Gasteiger partial charge in [-0.3, -0.25) is 4.99 Å². The summed E-state index contributed by atoms with van der Waals surface area (Å²) in [5.41, 5.74) is 2.26. The Morgan fingerprint density at radius 2 is 2.21 bits per heavy atom. The molecule has 1 aliphatic heterocycles. The van der Waals surface area contributed by atoms with E-state index in [1.807, 2.05) is 13.8 Å². The fraction of sp³-hybridized carbons (Fsp3) is 0.550. The van der Waals surface area contributed by atoms with Gasteiger partial charge in [-0.25, -0.2) is 0 Å². The number of benzene rings is 1. The number of aromatic nitrogens is 2. The molecule has 1 aromatic heterocycles. The van der Waals surface area contributed by atoms with Crippen molar-refractivity contribution in [3.05, 3.63) is 35.0 Å². The lowest BCUT2D eigenvalue weighted by atomic mass is 10.1. The summed E-state index contributed by atoms with van der Waals surface area (Å²) in [5, 5.41) is 10.4. The van der Waals surface area contributed by atoms with Crippen LogP contribution in [0.25, 0.3) is 0 Å². The smallest absolute Gasteiger partial charge is 0.226 e. The number of ether oxygens (including phenoxy) is 2. The molecule has 2 aromatic rings. The van der Waals surface area contributed by atoms with Crippen LogP contribution in [0.5, 0.6) is 11.5 Å². The molecule has 2 N–H and O–H groups in total. The monoisotopic (exact) mass is 387 g/mol. The molecule has 152 valence electrons. The van der Waals surface area contributed by atoms with E-state index >= 15 is 0 Å². The quantitative estimate of drug-likeness (QED) is 0.408. The van der Waals surface area contributed by atoms with Crippen molar-refractivity contribution in [1.29, 1.82) is 0 Å². The lowest BCUT2D eigenvalue weighted by molar-refractivity contribution is 0.254. The molecule has 3 rings (SSSR count). The summed E-state index contributed by atoms with van der Waals surface area (Å²) >= 11 is 0. The average molecular weight is 387 g/mol. The van der Waals surface area contributed by atoms with E-state index in [4.69, 9.17) is 14.0 Å². The molecule has 0 radical (unpaired) electrons. The number of nitrogens with one attached hydrogen (secondary N) is 2. The van der Waals surface area contributed by atoms with Crippen molar-refractivity contribution >= 4 is 5.96 Å². The normalized spacial score (nSPS) is 15.9. The van der Waals surface area contributed by atoms with E-state index in [9.17, 15) is 0 Å². The Morgan fingerprint density at radius 3 is 2.93 bits per heavy atom. The van der Waals surface area contributed by atoms with Gasteiger partial charge in [0.05, 0.1) is 6.61 Å². The SMILES string of the molecule is CCOc1cc2c(cc1CNC(=NC)NCCCc1nc(C)no1)OC(C)C2. The third kappa shape index (κ3) is 5.15. The number of hydrogen-bond donors (Lipinski definition) is 2. The average Bonchev–Trinajstić information content (AvgIpc) is 3.25. The molecule has 1 unspecified atom stereocenters. The van der Waals surface area contributed by atoms with Gasteiger partial charge in [0.25, 0.3) is 0 Å². The van der Waals surface area contributed by atoms with Crippen molar-refractivity contribution in [2.45, 2.75) is 52.7 Å². The maximum atomic E-state index is 5.89. The van der Waals surface area contributed by atoms with Crippen LogP contribution in [0.3, 0.4) is 0 Å². The fourth-order valence-corrected chi connectivity index (χ4v) is 3.20. The number of aliphatic imine (C=N–C) groups is 1. The van der Waals surface area contributed by atoms with E-state index in [0.29, 0.717) is 24.9 Å². The fourth-order valence-electron chi connectivity index (χ4n) is 3.20. The van der Waals surface area contributed by atoms with Crippen LogP contribution in [0.15, 0.2) is 21.6 Å². The number of nitrogens with zero attached hydrogens (tertiary/aromatic N) is 3. The Morgan fingerprint density at radius 1 is 1.36 bits per heavy atom. The van der Waals surface area contributed by atoms with Crippen LogP contribution in [0, 0.1) is 6.92 Å². The van der Waals surface area contributed by atoms with Gasteiger partial charge in [0.1, 0.15) is 17.6 Å². The van der Waals surface area contributed by atoms with Crippen LogP contribution < -0.4 is 20.1 Å². The van der Waals surface area contributed by atoms with Crippen LogP contribution >= 0.6 is 0 Å². The molecule has 0 bridgehead atoms. The lowest BCUT2D eigenvalue weighted by Crippen LogP contribution is -2.37. The largest absolute Gasteiger partial charge is 0.494 e. The molecule has 8 nitrogen and oxygen atoms in total. The van der Waals surface area contributed by atoms with Gasteiger partial charge in [-0.15, -0.1) is 0 Å². The van der Waals surface area contributed by atoms with Gasteiger partial charge < -0.3 is 24.6 Å². The van der Waals surface area contributed by atoms with Crippen LogP contribution in [0.1, 0.15) is 43.1 Å².